The molecule has 0 radical (unpaired) electrons. The lowest BCUT2D eigenvalue weighted by Crippen LogP contribution is -2.68. The molecule has 1 fully saturated rings. The minimum Gasteiger partial charge on any atom is -0.394 e. The van der Waals surface area contributed by atoms with Crippen molar-refractivity contribution < 1.29 is 19.7 Å². The summed E-state index contributed by atoms with van der Waals surface area (Å²) in [6.45, 7) is 1.27. The van der Waals surface area contributed by atoms with Gasteiger partial charge < -0.3 is 19.7 Å². The number of ether oxygens (including phenoxy) is 2. The summed E-state index contributed by atoms with van der Waals surface area (Å²) in [7, 11) is 1.43. The Morgan fingerprint density at radius 2 is 2.27 bits per heavy atom. The molecule has 3 aromatic heterocycles. The fourth-order valence-electron chi connectivity index (χ4n) is 4.00. The molecule has 4 rings (SSSR count). The van der Waals surface area contributed by atoms with Crippen molar-refractivity contribution in [2.45, 2.75) is 36.2 Å². The molecule has 2 N–H and O–H groups in total. The molecule has 10 nitrogen and oxygen atoms in total. The van der Waals surface area contributed by atoms with Gasteiger partial charge in [0.15, 0.2) is 0 Å². The number of aliphatic hydroxyl groups is 2. The molecule has 1 saturated heterocycles. The van der Waals surface area contributed by atoms with Crippen LogP contribution < -0.4 is 0 Å². The van der Waals surface area contributed by atoms with E-state index in [0.29, 0.717) is 30.8 Å². The number of thiazole rings is 1. The normalized spacial score (nSPS) is 27.5. The third-order valence-electron chi connectivity index (χ3n) is 5.47. The smallest absolute Gasteiger partial charge is 0.150 e. The number of nitriles is 1. The summed E-state index contributed by atoms with van der Waals surface area (Å²) >= 11 is 15.3. The van der Waals surface area contributed by atoms with Crippen LogP contribution in [0.3, 0.4) is 0 Å². The van der Waals surface area contributed by atoms with E-state index >= 15 is 0 Å². The number of aryl methyl sites for hydroxylation is 1. The minimum atomic E-state index is -1.59. The predicted molar refractivity (Wildman–Crippen MR) is 126 cm³/mol. The number of aromatic nitrogens is 5. The van der Waals surface area contributed by atoms with E-state index in [1.165, 1.54) is 29.3 Å². The maximum Gasteiger partial charge on any atom is 0.150 e. The zero-order chi connectivity index (χ0) is 23.9. The van der Waals surface area contributed by atoms with E-state index in [1.807, 2.05) is 0 Å². The molecule has 174 valence electrons. The van der Waals surface area contributed by atoms with Gasteiger partial charge in [-0.3, -0.25) is 0 Å². The second-order valence-electron chi connectivity index (χ2n) is 7.26. The van der Waals surface area contributed by atoms with Gasteiger partial charge in [-0.1, -0.05) is 28.2 Å². The molecule has 0 saturated carbocycles. The Bertz CT molecular complexity index is 1200. The van der Waals surface area contributed by atoms with E-state index < -0.39 is 35.9 Å². The molecule has 33 heavy (non-hydrogen) atoms. The van der Waals surface area contributed by atoms with Gasteiger partial charge in [0.05, 0.1) is 18.5 Å². The highest BCUT2D eigenvalue weighted by Gasteiger charge is 2.60. The number of thiol groups is 1. The Labute approximate surface area is 211 Å². The second kappa shape index (κ2) is 9.55. The first-order valence-electron chi connectivity index (χ1n) is 9.55. The molecular weight excluding hydrogens is 556 g/mol. The molecule has 0 bridgehead atoms. The van der Waals surface area contributed by atoms with Crippen molar-refractivity contribution in [3.05, 3.63) is 44.2 Å². The molecule has 1 aliphatic rings. The Balaban J connectivity index is 2.02. The number of aliphatic hydroxyl groups excluding tert-OH is 2. The van der Waals surface area contributed by atoms with Crippen molar-refractivity contribution in [1.29, 1.82) is 5.26 Å². The number of nitrogens with zero attached hydrogens (tertiary/aromatic N) is 6. The van der Waals surface area contributed by atoms with Gasteiger partial charge in [-0.15, -0.1) is 17.7 Å². The zero-order valence-electron chi connectivity index (χ0n) is 17.3. The number of hydrogen-bond donors (Lipinski definition) is 3. The second-order valence-corrected chi connectivity index (χ2v) is 10.3. The Hall–Kier alpha value is -1.63. The van der Waals surface area contributed by atoms with Crippen LogP contribution in [0.4, 0.5) is 0 Å². The van der Waals surface area contributed by atoms with Crippen molar-refractivity contribution in [2.24, 2.45) is 0 Å². The Kier molecular flexibility index (Phi) is 7.09. The topological polar surface area (TPSA) is 139 Å². The van der Waals surface area contributed by atoms with Crippen LogP contribution in [0, 0.1) is 18.3 Å². The van der Waals surface area contributed by atoms with Crippen molar-refractivity contribution in [1.82, 2.24) is 25.0 Å². The van der Waals surface area contributed by atoms with Crippen LogP contribution in [-0.2, 0) is 15.0 Å². The molecule has 0 amide bonds. The Morgan fingerprint density at radius 3 is 2.88 bits per heavy atom. The summed E-state index contributed by atoms with van der Waals surface area (Å²) in [5.41, 5.74) is -1.10. The van der Waals surface area contributed by atoms with Crippen LogP contribution in [0.1, 0.15) is 17.0 Å². The number of halogens is 2. The lowest BCUT2D eigenvalue weighted by molar-refractivity contribution is -0.213. The molecule has 14 heteroatoms. The quantitative estimate of drug-likeness (QED) is 0.392. The van der Waals surface area contributed by atoms with Crippen molar-refractivity contribution in [2.75, 3.05) is 13.7 Å². The van der Waals surface area contributed by atoms with E-state index in [0.717, 1.165) is 0 Å². The first-order valence-corrected chi connectivity index (χ1v) is 12.1. The van der Waals surface area contributed by atoms with E-state index in [-0.39, 0.29) is 5.69 Å². The summed E-state index contributed by atoms with van der Waals surface area (Å²) in [6, 6.07) is 3.71. The van der Waals surface area contributed by atoms with Gasteiger partial charge in [-0.25, -0.2) is 14.6 Å². The van der Waals surface area contributed by atoms with E-state index in [9.17, 15) is 15.5 Å². The third-order valence-corrected chi connectivity index (χ3v) is 7.77. The number of rotatable bonds is 5. The average molecular weight is 574 g/mol. The standard InChI is InChI=1S/C19H18BrClN6O4S2/c1-8-16(21)33-17(24-8)12-6-27(26-25-12)19(10-3-9(20)5-23-11(10)4-22)14(29)13(7-28)31-18(32)15(19)30-2/h3,5-6,13-15,18,28-29,32H,7H2,1-2H3/t13-,14+,15+,18-,19+/m0/s1. The zero-order valence-corrected chi connectivity index (χ0v) is 21.3. The van der Waals surface area contributed by atoms with Crippen LogP contribution in [0.15, 0.2) is 22.9 Å². The molecule has 5 atom stereocenters. The van der Waals surface area contributed by atoms with Crippen LogP contribution in [0.25, 0.3) is 10.7 Å². The van der Waals surface area contributed by atoms with Crippen molar-refractivity contribution in [3.8, 4) is 16.8 Å². The molecule has 0 aromatic carbocycles. The van der Waals surface area contributed by atoms with E-state index in [1.54, 1.807) is 19.2 Å². The predicted octanol–water partition coefficient (Wildman–Crippen LogP) is 2.16. The number of methoxy groups -OCH3 is 1. The Morgan fingerprint density at radius 1 is 1.52 bits per heavy atom. The number of pyridine rings is 1. The lowest BCUT2D eigenvalue weighted by atomic mass is 9.75. The maximum atomic E-state index is 11.6. The number of hydrogen-bond acceptors (Lipinski definition) is 11. The molecule has 3 aromatic rings. The van der Waals surface area contributed by atoms with Gasteiger partial charge in [-0.05, 0) is 28.9 Å². The van der Waals surface area contributed by atoms with Crippen LogP contribution in [0.5, 0.6) is 0 Å². The summed E-state index contributed by atoms with van der Waals surface area (Å²) in [6.07, 6.45) is -0.397. The van der Waals surface area contributed by atoms with Crippen molar-refractivity contribution >= 4 is 51.5 Å². The molecule has 0 spiro atoms. The van der Waals surface area contributed by atoms with Gasteiger partial charge in [0, 0.05) is 23.3 Å². The first-order chi connectivity index (χ1) is 15.8. The summed E-state index contributed by atoms with van der Waals surface area (Å²) in [5.74, 6) is 0. The first kappa shape index (κ1) is 24.5. The lowest BCUT2D eigenvalue weighted by Gasteiger charge is -2.51. The minimum absolute atomic E-state index is 0.0311. The van der Waals surface area contributed by atoms with Gasteiger partial charge in [0.2, 0.25) is 0 Å². The SMILES string of the molecule is CO[C@@H]1[C@H](S)O[C@@H](CO)[C@@H](O)[C@@]1(c1cc(Br)cnc1C#N)n1cc(-c2nc(C)c(Cl)s2)nn1. The maximum absolute atomic E-state index is 11.6. The highest BCUT2D eigenvalue weighted by molar-refractivity contribution is 9.10. The molecular formula is C19H18BrClN6O4S2. The van der Waals surface area contributed by atoms with Gasteiger partial charge >= 0.3 is 0 Å². The van der Waals surface area contributed by atoms with Crippen LogP contribution >= 0.6 is 51.5 Å². The molecule has 0 aliphatic carbocycles. The van der Waals surface area contributed by atoms with Gasteiger partial charge in [0.1, 0.15) is 56.1 Å². The van der Waals surface area contributed by atoms with Crippen LogP contribution in [0.2, 0.25) is 4.34 Å². The fourth-order valence-corrected chi connectivity index (χ4v) is 5.84. The van der Waals surface area contributed by atoms with Gasteiger partial charge in [0.25, 0.3) is 0 Å². The average Bonchev–Trinajstić information content (AvgIpc) is 3.42. The van der Waals surface area contributed by atoms with Gasteiger partial charge in [-0.2, -0.15) is 5.26 Å². The molecule has 0 unspecified atom stereocenters. The van der Waals surface area contributed by atoms with E-state index in [2.05, 4.69) is 54.9 Å². The molecule has 1 aliphatic heterocycles. The monoisotopic (exact) mass is 572 g/mol. The van der Waals surface area contributed by atoms with Crippen molar-refractivity contribution in [3.63, 3.8) is 0 Å². The highest BCUT2D eigenvalue weighted by atomic mass is 79.9. The summed E-state index contributed by atoms with van der Waals surface area (Å²) in [5, 5.41) is 40.4. The molecule has 4 heterocycles. The third kappa shape index (κ3) is 3.98. The largest absolute Gasteiger partial charge is 0.394 e. The summed E-state index contributed by atoms with van der Waals surface area (Å²) < 4.78 is 13.9. The van der Waals surface area contributed by atoms with Crippen LogP contribution in [-0.4, -0.2) is 72.6 Å². The summed E-state index contributed by atoms with van der Waals surface area (Å²) in [4.78, 5) is 8.62. The highest BCUT2D eigenvalue weighted by Crippen LogP contribution is 2.45. The fraction of sp³-hybridized carbons (Fsp3) is 0.421. The van der Waals surface area contributed by atoms with E-state index in [4.69, 9.17) is 21.1 Å².